The second kappa shape index (κ2) is 9.51. The van der Waals surface area contributed by atoms with E-state index in [1.165, 1.54) is 12.4 Å². The number of aromatic nitrogens is 1. The molecule has 2 aromatic rings. The molecule has 2 rings (SSSR count). The highest BCUT2D eigenvalue weighted by Gasteiger charge is 2.08. The number of ether oxygens (including phenoxy) is 1. The van der Waals surface area contributed by atoms with E-state index >= 15 is 0 Å². The van der Waals surface area contributed by atoms with Crippen LogP contribution in [0.3, 0.4) is 0 Å². The van der Waals surface area contributed by atoms with Crippen molar-refractivity contribution in [3.63, 3.8) is 0 Å². The topological polar surface area (TPSA) is 133 Å². The van der Waals surface area contributed by atoms with E-state index in [4.69, 9.17) is 10.00 Å². The van der Waals surface area contributed by atoms with Gasteiger partial charge in [-0.15, -0.1) is 0 Å². The maximum atomic E-state index is 11.7. The second-order valence-electron chi connectivity index (χ2n) is 4.97. The van der Waals surface area contributed by atoms with Crippen LogP contribution in [0, 0.1) is 11.3 Å². The number of hydrogen-bond donors (Lipinski definition) is 3. The van der Waals surface area contributed by atoms with Gasteiger partial charge < -0.3 is 10.1 Å². The average molecular weight is 353 g/mol. The third-order valence-electron chi connectivity index (χ3n) is 3.00. The van der Waals surface area contributed by atoms with E-state index in [0.717, 1.165) is 0 Å². The molecule has 0 saturated carbocycles. The zero-order chi connectivity index (χ0) is 18.8. The molecule has 0 aliphatic heterocycles. The number of benzene rings is 1. The molecule has 9 nitrogen and oxygen atoms in total. The van der Waals surface area contributed by atoms with Gasteiger partial charge in [-0.2, -0.15) is 5.26 Å². The van der Waals surface area contributed by atoms with Crippen molar-refractivity contribution in [2.75, 3.05) is 18.5 Å². The molecule has 0 spiro atoms. The smallest absolute Gasteiger partial charge is 0.271 e. The maximum Gasteiger partial charge on any atom is 0.271 e. The number of rotatable bonds is 6. The standard InChI is InChI=1S/C17H15N5O4/c18-8-12-3-5-14(6-4-12)20-15(23)10-26-11-16(24)21-22-17(25)13-2-1-7-19-9-13/h1-7,9H,10-11H2,(H,20,23)(H,21,24)(H,22,25). The van der Waals surface area contributed by atoms with Crippen molar-refractivity contribution in [3.05, 3.63) is 59.9 Å². The van der Waals surface area contributed by atoms with Crippen LogP contribution in [-0.4, -0.2) is 35.9 Å². The molecule has 0 unspecified atom stereocenters. The normalized spacial score (nSPS) is 9.65. The summed E-state index contributed by atoms with van der Waals surface area (Å²) in [5.74, 6) is -1.60. The fraction of sp³-hybridized carbons (Fsp3) is 0.118. The Labute approximate surface area is 149 Å². The molecule has 1 aromatic carbocycles. The highest BCUT2D eigenvalue weighted by Crippen LogP contribution is 2.08. The van der Waals surface area contributed by atoms with Gasteiger partial charge in [0.05, 0.1) is 17.2 Å². The molecule has 0 atom stereocenters. The first kappa shape index (κ1) is 18.6. The number of pyridine rings is 1. The molecule has 0 radical (unpaired) electrons. The van der Waals surface area contributed by atoms with Gasteiger partial charge in [0.25, 0.3) is 11.8 Å². The minimum Gasteiger partial charge on any atom is -0.362 e. The molecule has 0 bridgehead atoms. The first-order valence-corrected chi connectivity index (χ1v) is 7.45. The summed E-state index contributed by atoms with van der Waals surface area (Å²) in [5, 5.41) is 11.3. The molecule has 0 saturated heterocycles. The summed E-state index contributed by atoms with van der Waals surface area (Å²) in [6, 6.07) is 11.4. The predicted molar refractivity (Wildman–Crippen MR) is 90.5 cm³/mol. The monoisotopic (exact) mass is 353 g/mol. The molecule has 1 heterocycles. The number of carbonyl (C=O) groups excluding carboxylic acids is 3. The van der Waals surface area contributed by atoms with Crippen molar-refractivity contribution in [2.45, 2.75) is 0 Å². The number of hydrazine groups is 1. The van der Waals surface area contributed by atoms with Gasteiger partial charge in [-0.1, -0.05) is 0 Å². The van der Waals surface area contributed by atoms with Crippen LogP contribution in [0.25, 0.3) is 0 Å². The molecule has 0 aliphatic rings. The van der Waals surface area contributed by atoms with E-state index in [1.807, 2.05) is 6.07 Å². The Morgan fingerprint density at radius 3 is 2.42 bits per heavy atom. The van der Waals surface area contributed by atoms with E-state index in [0.29, 0.717) is 11.3 Å². The lowest BCUT2D eigenvalue weighted by atomic mass is 10.2. The molecule has 1 aromatic heterocycles. The second-order valence-corrected chi connectivity index (χ2v) is 4.97. The third-order valence-corrected chi connectivity index (χ3v) is 3.00. The summed E-state index contributed by atoms with van der Waals surface area (Å²) in [6.45, 7) is -0.752. The van der Waals surface area contributed by atoms with Crippen molar-refractivity contribution in [1.82, 2.24) is 15.8 Å². The van der Waals surface area contributed by atoms with E-state index in [2.05, 4.69) is 21.2 Å². The van der Waals surface area contributed by atoms with E-state index < -0.39 is 24.3 Å². The van der Waals surface area contributed by atoms with Gasteiger partial charge in [-0.05, 0) is 36.4 Å². The van der Waals surface area contributed by atoms with Crippen LogP contribution >= 0.6 is 0 Å². The Bertz CT molecular complexity index is 815. The first-order chi connectivity index (χ1) is 12.6. The molecular weight excluding hydrogens is 338 g/mol. The highest BCUT2D eigenvalue weighted by molar-refractivity contribution is 5.95. The number of nitrogens with one attached hydrogen (secondary N) is 3. The highest BCUT2D eigenvalue weighted by atomic mass is 16.5. The summed E-state index contributed by atoms with van der Waals surface area (Å²) >= 11 is 0. The van der Waals surface area contributed by atoms with Crippen molar-refractivity contribution in [2.24, 2.45) is 0 Å². The molecule has 3 N–H and O–H groups in total. The predicted octanol–water partition coefficient (Wildman–Crippen LogP) is 0.370. The fourth-order valence-corrected chi connectivity index (χ4v) is 1.79. The summed E-state index contributed by atoms with van der Waals surface area (Å²) in [5.41, 5.74) is 5.63. The molecule has 0 aliphatic carbocycles. The van der Waals surface area contributed by atoms with Crippen LogP contribution in [0.5, 0.6) is 0 Å². The van der Waals surface area contributed by atoms with Gasteiger partial charge in [0.15, 0.2) is 0 Å². The minimum atomic E-state index is -0.617. The summed E-state index contributed by atoms with van der Waals surface area (Å²) in [4.78, 5) is 38.7. The van der Waals surface area contributed by atoms with Gasteiger partial charge in [0.1, 0.15) is 13.2 Å². The minimum absolute atomic E-state index is 0.288. The van der Waals surface area contributed by atoms with Crippen LogP contribution in [0.4, 0.5) is 5.69 Å². The van der Waals surface area contributed by atoms with E-state index in [9.17, 15) is 14.4 Å². The number of anilines is 1. The molecule has 26 heavy (non-hydrogen) atoms. The van der Waals surface area contributed by atoms with Gasteiger partial charge in [-0.25, -0.2) is 0 Å². The zero-order valence-electron chi connectivity index (χ0n) is 13.6. The van der Waals surface area contributed by atoms with Crippen LogP contribution in [0.2, 0.25) is 0 Å². The van der Waals surface area contributed by atoms with Gasteiger partial charge in [0, 0.05) is 18.1 Å². The zero-order valence-corrected chi connectivity index (χ0v) is 13.6. The Kier molecular flexibility index (Phi) is 6.79. The largest absolute Gasteiger partial charge is 0.362 e. The SMILES string of the molecule is N#Cc1ccc(NC(=O)COCC(=O)NNC(=O)c2cccnc2)cc1. The lowest BCUT2D eigenvalue weighted by Gasteiger charge is -2.08. The molecule has 132 valence electrons. The molecule has 9 heteroatoms. The van der Waals surface area contributed by atoms with Crippen molar-refractivity contribution in [1.29, 1.82) is 5.26 Å². The van der Waals surface area contributed by atoms with Crippen LogP contribution in [-0.2, 0) is 14.3 Å². The number of nitrogens with zero attached hydrogens (tertiary/aromatic N) is 2. The van der Waals surface area contributed by atoms with E-state index in [-0.39, 0.29) is 12.2 Å². The van der Waals surface area contributed by atoms with Crippen molar-refractivity contribution >= 4 is 23.4 Å². The number of amides is 3. The molecule has 0 fully saturated rings. The fourth-order valence-electron chi connectivity index (χ4n) is 1.79. The lowest BCUT2D eigenvalue weighted by molar-refractivity contribution is -0.129. The first-order valence-electron chi connectivity index (χ1n) is 7.45. The van der Waals surface area contributed by atoms with Crippen molar-refractivity contribution in [3.8, 4) is 6.07 Å². The lowest BCUT2D eigenvalue weighted by Crippen LogP contribution is -2.43. The van der Waals surface area contributed by atoms with Crippen molar-refractivity contribution < 1.29 is 19.1 Å². The Morgan fingerprint density at radius 1 is 1.04 bits per heavy atom. The third kappa shape index (κ3) is 6.03. The molecular formula is C17H15N5O4. The number of nitriles is 1. The van der Waals surface area contributed by atoms with Crippen LogP contribution in [0.1, 0.15) is 15.9 Å². The summed E-state index contributed by atoms with van der Waals surface area (Å²) in [7, 11) is 0. The number of carbonyl (C=O) groups is 3. The number of hydrogen-bond acceptors (Lipinski definition) is 6. The summed E-state index contributed by atoms with van der Waals surface area (Å²) in [6.07, 6.45) is 2.87. The maximum absolute atomic E-state index is 11.7. The molecule has 3 amide bonds. The van der Waals surface area contributed by atoms with Gasteiger partial charge in [0.2, 0.25) is 5.91 Å². The summed E-state index contributed by atoms with van der Waals surface area (Å²) < 4.78 is 4.97. The van der Waals surface area contributed by atoms with Gasteiger partial charge >= 0.3 is 0 Å². The van der Waals surface area contributed by atoms with Crippen LogP contribution in [0.15, 0.2) is 48.8 Å². The quantitative estimate of drug-likeness (QED) is 0.643. The average Bonchev–Trinajstić information content (AvgIpc) is 2.67. The Hall–Kier alpha value is -3.77. The Balaban J connectivity index is 1.65. The van der Waals surface area contributed by atoms with Gasteiger partial charge in [-0.3, -0.25) is 30.2 Å². The van der Waals surface area contributed by atoms with Crippen LogP contribution < -0.4 is 16.2 Å². The Morgan fingerprint density at radius 2 is 1.77 bits per heavy atom. The van der Waals surface area contributed by atoms with E-state index in [1.54, 1.807) is 36.4 Å².